The second-order valence-electron chi connectivity index (χ2n) is 7.35. The number of ether oxygens (including phenoxy) is 2. The molecule has 0 bridgehead atoms. The molecule has 2 aliphatic rings. The molecule has 0 spiro atoms. The summed E-state index contributed by atoms with van der Waals surface area (Å²) >= 11 is 0. The Morgan fingerprint density at radius 1 is 0.867 bits per heavy atom. The van der Waals surface area contributed by atoms with Crippen molar-refractivity contribution in [2.75, 3.05) is 6.54 Å². The number of aliphatic hydroxyl groups excluding tert-OH is 2. The van der Waals surface area contributed by atoms with Crippen LogP contribution in [0.2, 0.25) is 0 Å². The number of nitrogens with zero attached hydrogens (tertiary/aromatic N) is 1. The number of rotatable bonds is 4. The fourth-order valence-corrected chi connectivity index (χ4v) is 3.86. The molecule has 0 saturated carbocycles. The van der Waals surface area contributed by atoms with Crippen molar-refractivity contribution in [1.29, 1.82) is 0 Å². The molecule has 0 aromatic heterocycles. The van der Waals surface area contributed by atoms with Crippen LogP contribution in [0.4, 0.5) is 0 Å². The predicted octanol–water partition coefficient (Wildman–Crippen LogP) is 0.774. The Morgan fingerprint density at radius 2 is 1.40 bits per heavy atom. The molecule has 5 atom stereocenters. The van der Waals surface area contributed by atoms with E-state index in [1.54, 1.807) is 60.7 Å². The van der Waals surface area contributed by atoms with E-state index in [1.807, 2.05) is 0 Å². The molecule has 4 rings (SSSR count). The fourth-order valence-electron chi connectivity index (χ4n) is 3.86. The van der Waals surface area contributed by atoms with E-state index >= 15 is 0 Å². The van der Waals surface area contributed by atoms with Gasteiger partial charge in [0.1, 0.15) is 6.10 Å². The van der Waals surface area contributed by atoms with Crippen LogP contribution in [-0.4, -0.2) is 70.0 Å². The maximum atomic E-state index is 13.0. The molecule has 2 saturated heterocycles. The second kappa shape index (κ2) is 8.25. The SMILES string of the molecule is O=C(O[C@@H]1C[C@H]2[C@@H](O)[C@@H](O)CN2C(=O)[C@@H]1OC(=O)c1ccccc1)c1ccccc1. The second-order valence-corrected chi connectivity index (χ2v) is 7.35. The minimum Gasteiger partial charge on any atom is -0.454 e. The number of hydrogen-bond donors (Lipinski definition) is 2. The van der Waals surface area contributed by atoms with Gasteiger partial charge in [0.25, 0.3) is 5.91 Å². The lowest BCUT2D eigenvalue weighted by atomic mass is 9.94. The van der Waals surface area contributed by atoms with Crippen LogP contribution in [0, 0.1) is 0 Å². The summed E-state index contributed by atoms with van der Waals surface area (Å²) in [6.45, 7) is -0.0800. The van der Waals surface area contributed by atoms with Gasteiger partial charge in [-0.25, -0.2) is 9.59 Å². The zero-order chi connectivity index (χ0) is 21.3. The van der Waals surface area contributed by atoms with Crippen LogP contribution in [0.25, 0.3) is 0 Å². The maximum Gasteiger partial charge on any atom is 0.339 e. The molecule has 8 nitrogen and oxygen atoms in total. The number of piperidine rings is 1. The third-order valence-corrected chi connectivity index (χ3v) is 5.42. The number of carbonyl (C=O) groups excluding carboxylic acids is 3. The van der Waals surface area contributed by atoms with Gasteiger partial charge < -0.3 is 24.6 Å². The van der Waals surface area contributed by atoms with Crippen molar-refractivity contribution in [1.82, 2.24) is 4.90 Å². The molecule has 2 heterocycles. The third kappa shape index (κ3) is 3.79. The number of esters is 2. The van der Waals surface area contributed by atoms with Gasteiger partial charge in [-0.15, -0.1) is 0 Å². The molecule has 2 aromatic carbocycles. The number of hydrogen-bond acceptors (Lipinski definition) is 7. The van der Waals surface area contributed by atoms with Crippen LogP contribution < -0.4 is 0 Å². The summed E-state index contributed by atoms with van der Waals surface area (Å²) in [5, 5.41) is 20.2. The number of benzene rings is 2. The molecular weight excluding hydrogens is 390 g/mol. The predicted molar refractivity (Wildman–Crippen MR) is 103 cm³/mol. The number of carbonyl (C=O) groups is 3. The van der Waals surface area contributed by atoms with Crippen LogP contribution >= 0.6 is 0 Å². The average Bonchev–Trinajstić information content (AvgIpc) is 3.06. The van der Waals surface area contributed by atoms with Crippen molar-refractivity contribution in [3.05, 3.63) is 71.8 Å². The average molecular weight is 411 g/mol. The Labute approximate surface area is 172 Å². The molecule has 30 heavy (non-hydrogen) atoms. The van der Waals surface area contributed by atoms with E-state index < -0.39 is 48.3 Å². The largest absolute Gasteiger partial charge is 0.454 e. The lowest BCUT2D eigenvalue weighted by Crippen LogP contribution is -2.58. The van der Waals surface area contributed by atoms with E-state index in [0.717, 1.165) is 0 Å². The minimum absolute atomic E-state index is 0.0370. The van der Waals surface area contributed by atoms with Crippen molar-refractivity contribution in [3.63, 3.8) is 0 Å². The Bertz CT molecular complexity index is 933. The van der Waals surface area contributed by atoms with Crippen LogP contribution in [0.3, 0.4) is 0 Å². The Morgan fingerprint density at radius 3 is 1.97 bits per heavy atom. The molecule has 1 amide bonds. The van der Waals surface area contributed by atoms with Gasteiger partial charge in [-0.05, 0) is 24.3 Å². The Kier molecular flexibility index (Phi) is 5.52. The summed E-state index contributed by atoms with van der Waals surface area (Å²) in [5.41, 5.74) is 0.537. The molecule has 0 radical (unpaired) electrons. The van der Waals surface area contributed by atoms with Gasteiger partial charge in [-0.2, -0.15) is 0 Å². The summed E-state index contributed by atoms with van der Waals surface area (Å²) in [5.74, 6) is -2.01. The van der Waals surface area contributed by atoms with Gasteiger partial charge in [-0.3, -0.25) is 4.79 Å². The van der Waals surface area contributed by atoms with Gasteiger partial charge in [0, 0.05) is 13.0 Å². The quantitative estimate of drug-likeness (QED) is 0.715. The molecule has 0 aliphatic carbocycles. The summed E-state index contributed by atoms with van der Waals surface area (Å²) in [7, 11) is 0. The van der Waals surface area contributed by atoms with Gasteiger partial charge in [0.15, 0.2) is 6.10 Å². The number of fused-ring (bicyclic) bond motifs is 1. The van der Waals surface area contributed by atoms with E-state index in [1.165, 1.54) is 4.90 Å². The monoisotopic (exact) mass is 411 g/mol. The Hall–Kier alpha value is -3.23. The normalized spacial score (nSPS) is 28.0. The van der Waals surface area contributed by atoms with Crippen LogP contribution in [-0.2, 0) is 14.3 Å². The molecule has 156 valence electrons. The first-order valence-electron chi connectivity index (χ1n) is 9.64. The lowest BCUT2D eigenvalue weighted by molar-refractivity contribution is -0.158. The van der Waals surface area contributed by atoms with Crippen LogP contribution in [0.15, 0.2) is 60.7 Å². The van der Waals surface area contributed by atoms with Crippen molar-refractivity contribution in [2.45, 2.75) is 36.9 Å². The first kappa shape index (κ1) is 20.1. The van der Waals surface area contributed by atoms with Crippen molar-refractivity contribution in [3.8, 4) is 0 Å². The van der Waals surface area contributed by atoms with Crippen molar-refractivity contribution >= 4 is 17.8 Å². The van der Waals surface area contributed by atoms with E-state index in [4.69, 9.17) is 9.47 Å². The number of aliphatic hydroxyl groups is 2. The van der Waals surface area contributed by atoms with Crippen molar-refractivity contribution in [2.24, 2.45) is 0 Å². The highest BCUT2D eigenvalue weighted by atomic mass is 16.6. The van der Waals surface area contributed by atoms with E-state index in [-0.39, 0.29) is 24.1 Å². The highest BCUT2D eigenvalue weighted by Gasteiger charge is 2.53. The summed E-state index contributed by atoms with van der Waals surface area (Å²) in [6.07, 6.45) is -4.72. The molecule has 2 N–H and O–H groups in total. The van der Waals surface area contributed by atoms with Gasteiger partial charge in [0.05, 0.1) is 23.3 Å². The van der Waals surface area contributed by atoms with E-state index in [2.05, 4.69) is 0 Å². The molecular formula is C22H21NO7. The summed E-state index contributed by atoms with van der Waals surface area (Å²) in [6, 6.07) is 15.7. The van der Waals surface area contributed by atoms with Crippen molar-refractivity contribution < 1.29 is 34.1 Å². The fraction of sp³-hybridized carbons (Fsp3) is 0.318. The zero-order valence-corrected chi connectivity index (χ0v) is 16.0. The molecule has 2 aliphatic heterocycles. The first-order valence-corrected chi connectivity index (χ1v) is 9.64. The molecule has 8 heteroatoms. The van der Waals surface area contributed by atoms with E-state index in [9.17, 15) is 24.6 Å². The van der Waals surface area contributed by atoms with Gasteiger partial charge >= 0.3 is 11.9 Å². The lowest BCUT2D eigenvalue weighted by Gasteiger charge is -2.39. The summed E-state index contributed by atoms with van der Waals surface area (Å²) < 4.78 is 11.0. The highest BCUT2D eigenvalue weighted by Crippen LogP contribution is 2.32. The third-order valence-electron chi connectivity index (χ3n) is 5.42. The van der Waals surface area contributed by atoms with Gasteiger partial charge in [0.2, 0.25) is 6.10 Å². The summed E-state index contributed by atoms with van der Waals surface area (Å²) in [4.78, 5) is 39.4. The topological polar surface area (TPSA) is 113 Å². The highest BCUT2D eigenvalue weighted by molar-refractivity contribution is 5.94. The molecule has 2 fully saturated rings. The minimum atomic E-state index is -1.38. The molecule has 0 unspecified atom stereocenters. The molecule has 2 aromatic rings. The first-order chi connectivity index (χ1) is 14.5. The van der Waals surface area contributed by atoms with Crippen LogP contribution in [0.1, 0.15) is 27.1 Å². The standard InChI is InChI=1S/C22H21NO7/c24-16-12-23-15(18(16)25)11-17(29-21(27)13-7-3-1-4-8-13)19(20(23)26)30-22(28)14-9-5-2-6-10-14/h1-10,15-19,24-25H,11-12H2/t15-,16-,17+,18+,19+/m0/s1. The number of amides is 1. The smallest absolute Gasteiger partial charge is 0.339 e. The Balaban J connectivity index is 1.59. The van der Waals surface area contributed by atoms with E-state index in [0.29, 0.717) is 0 Å². The van der Waals surface area contributed by atoms with Crippen LogP contribution in [0.5, 0.6) is 0 Å². The van der Waals surface area contributed by atoms with Gasteiger partial charge in [-0.1, -0.05) is 36.4 Å². The maximum absolute atomic E-state index is 13.0. The zero-order valence-electron chi connectivity index (χ0n) is 16.0.